The lowest BCUT2D eigenvalue weighted by Gasteiger charge is -2.12. The highest BCUT2D eigenvalue weighted by Crippen LogP contribution is 2.20. The zero-order valence-corrected chi connectivity index (χ0v) is 12.5. The Kier molecular flexibility index (Phi) is 6.87. The Balaban J connectivity index is 2.65. The largest absolute Gasteiger partial charge is 0.384 e. The number of benzene rings is 1. The van der Waals surface area contributed by atoms with Crippen molar-refractivity contribution >= 4 is 29.1 Å². The summed E-state index contributed by atoms with van der Waals surface area (Å²) < 4.78 is 0. The molecule has 2 amide bonds. The van der Waals surface area contributed by atoms with Gasteiger partial charge in [0.1, 0.15) is 0 Å². The Bertz CT molecular complexity index is 477. The van der Waals surface area contributed by atoms with E-state index in [-0.39, 0.29) is 11.8 Å². The minimum Gasteiger partial charge on any atom is -0.384 e. The van der Waals surface area contributed by atoms with E-state index in [9.17, 15) is 9.59 Å². The molecular weight excluding hydrogens is 278 g/mol. The van der Waals surface area contributed by atoms with Gasteiger partial charge in [-0.05, 0) is 24.6 Å². The summed E-state index contributed by atoms with van der Waals surface area (Å²) in [5, 5.41) is 9.07. The van der Waals surface area contributed by atoms with Crippen molar-refractivity contribution < 1.29 is 9.59 Å². The molecule has 0 bridgehead atoms. The molecule has 0 aromatic heterocycles. The van der Waals surface area contributed by atoms with Crippen molar-refractivity contribution in [3.63, 3.8) is 0 Å². The number of hydrogen-bond acceptors (Lipinski definition) is 3. The molecule has 0 heterocycles. The summed E-state index contributed by atoms with van der Waals surface area (Å²) in [6, 6.07) is 5.17. The average Bonchev–Trinajstić information content (AvgIpc) is 2.41. The lowest BCUT2D eigenvalue weighted by atomic mass is 10.1. The summed E-state index contributed by atoms with van der Waals surface area (Å²) in [5.41, 5.74) is 1.27. The first-order chi connectivity index (χ1) is 9.54. The molecule has 0 fully saturated rings. The molecule has 0 radical (unpaired) electrons. The Morgan fingerprint density at radius 2 is 1.85 bits per heavy atom. The first-order valence-electron chi connectivity index (χ1n) is 6.60. The molecule has 110 valence electrons. The van der Waals surface area contributed by atoms with Crippen LogP contribution in [0.3, 0.4) is 0 Å². The summed E-state index contributed by atoms with van der Waals surface area (Å²) in [6.45, 7) is 5.05. The molecular formula is C14H20ClN3O2. The first-order valence-corrected chi connectivity index (χ1v) is 6.98. The average molecular weight is 298 g/mol. The van der Waals surface area contributed by atoms with E-state index in [0.717, 1.165) is 18.7 Å². The molecule has 1 aromatic rings. The van der Waals surface area contributed by atoms with Crippen LogP contribution in [0.25, 0.3) is 0 Å². The third kappa shape index (κ3) is 5.48. The summed E-state index contributed by atoms with van der Waals surface area (Å²) in [4.78, 5) is 22.8. The Morgan fingerprint density at radius 3 is 2.50 bits per heavy atom. The Labute approximate surface area is 124 Å². The summed E-state index contributed by atoms with van der Waals surface area (Å²) in [7, 11) is 0. The van der Waals surface area contributed by atoms with Crippen LogP contribution in [0.15, 0.2) is 18.2 Å². The summed E-state index contributed by atoms with van der Waals surface area (Å²) in [6.07, 6.45) is 0.965. The van der Waals surface area contributed by atoms with Crippen molar-refractivity contribution in [3.05, 3.63) is 28.8 Å². The van der Waals surface area contributed by atoms with Gasteiger partial charge in [-0.25, -0.2) is 0 Å². The zero-order chi connectivity index (χ0) is 15.0. The number of hydrogen-bond donors (Lipinski definition) is 3. The molecule has 1 aromatic carbocycles. The molecule has 5 nitrogen and oxygen atoms in total. The molecule has 0 atom stereocenters. The quantitative estimate of drug-likeness (QED) is 0.674. The fourth-order valence-electron chi connectivity index (χ4n) is 1.63. The van der Waals surface area contributed by atoms with Gasteiger partial charge in [0.2, 0.25) is 5.91 Å². The minimum absolute atomic E-state index is 0.118. The number of halogens is 1. The normalized spacial score (nSPS) is 9.95. The molecule has 0 spiro atoms. The second-order valence-electron chi connectivity index (χ2n) is 4.36. The van der Waals surface area contributed by atoms with E-state index in [1.165, 1.54) is 6.92 Å². The predicted molar refractivity (Wildman–Crippen MR) is 81.2 cm³/mol. The monoisotopic (exact) mass is 297 g/mol. The maximum atomic E-state index is 12.1. The second-order valence-corrected chi connectivity index (χ2v) is 4.79. The van der Waals surface area contributed by atoms with Gasteiger partial charge < -0.3 is 16.0 Å². The molecule has 0 aliphatic carbocycles. The van der Waals surface area contributed by atoms with Gasteiger partial charge in [-0.1, -0.05) is 18.5 Å². The van der Waals surface area contributed by atoms with Gasteiger partial charge in [-0.2, -0.15) is 0 Å². The van der Waals surface area contributed by atoms with Gasteiger partial charge in [-0.15, -0.1) is 0 Å². The van der Waals surface area contributed by atoms with E-state index in [1.54, 1.807) is 18.2 Å². The highest BCUT2D eigenvalue weighted by Gasteiger charge is 2.11. The van der Waals surface area contributed by atoms with Crippen LogP contribution in [0.4, 0.5) is 5.69 Å². The van der Waals surface area contributed by atoms with Crippen molar-refractivity contribution in [2.45, 2.75) is 20.3 Å². The number of rotatable bonds is 7. The standard InChI is InChI=1S/C14H20ClN3O2/c1-3-6-17-13-5-4-11(15)9-12(13)14(20)18-8-7-16-10(2)19/h4-5,9,17H,3,6-8H2,1-2H3,(H,16,19)(H,18,20). The van der Waals surface area contributed by atoms with Crippen molar-refractivity contribution in [2.75, 3.05) is 25.0 Å². The first kappa shape index (κ1) is 16.3. The fraction of sp³-hybridized carbons (Fsp3) is 0.429. The maximum absolute atomic E-state index is 12.1. The van der Waals surface area contributed by atoms with Gasteiger partial charge in [0.25, 0.3) is 5.91 Å². The maximum Gasteiger partial charge on any atom is 0.253 e. The number of anilines is 1. The van der Waals surface area contributed by atoms with E-state index < -0.39 is 0 Å². The molecule has 1 rings (SSSR count). The van der Waals surface area contributed by atoms with E-state index in [4.69, 9.17) is 11.6 Å². The molecule has 0 saturated heterocycles. The van der Waals surface area contributed by atoms with Crippen LogP contribution in [0, 0.1) is 0 Å². The van der Waals surface area contributed by atoms with Crippen LogP contribution < -0.4 is 16.0 Å². The number of carbonyl (C=O) groups is 2. The van der Waals surface area contributed by atoms with Gasteiger partial charge >= 0.3 is 0 Å². The van der Waals surface area contributed by atoms with E-state index in [2.05, 4.69) is 22.9 Å². The number of amides is 2. The van der Waals surface area contributed by atoms with Crippen molar-refractivity contribution in [2.24, 2.45) is 0 Å². The smallest absolute Gasteiger partial charge is 0.253 e. The van der Waals surface area contributed by atoms with Gasteiger partial charge in [-0.3, -0.25) is 9.59 Å². The van der Waals surface area contributed by atoms with Crippen LogP contribution in [-0.4, -0.2) is 31.4 Å². The van der Waals surface area contributed by atoms with Crippen molar-refractivity contribution in [3.8, 4) is 0 Å². The third-order valence-electron chi connectivity index (χ3n) is 2.58. The van der Waals surface area contributed by atoms with E-state index >= 15 is 0 Å². The predicted octanol–water partition coefficient (Wildman–Crippen LogP) is 2.03. The molecule has 0 aliphatic heterocycles. The Hall–Kier alpha value is -1.75. The number of carbonyl (C=O) groups excluding carboxylic acids is 2. The van der Waals surface area contributed by atoms with Gasteiger partial charge in [0.15, 0.2) is 0 Å². The zero-order valence-electron chi connectivity index (χ0n) is 11.8. The molecule has 20 heavy (non-hydrogen) atoms. The molecule has 0 saturated carbocycles. The van der Waals surface area contributed by atoms with Gasteiger partial charge in [0, 0.05) is 37.3 Å². The third-order valence-corrected chi connectivity index (χ3v) is 2.81. The molecule has 0 aliphatic rings. The Morgan fingerprint density at radius 1 is 1.15 bits per heavy atom. The molecule has 3 N–H and O–H groups in total. The lowest BCUT2D eigenvalue weighted by molar-refractivity contribution is -0.118. The van der Waals surface area contributed by atoms with Crippen LogP contribution in [0.1, 0.15) is 30.6 Å². The number of nitrogens with one attached hydrogen (secondary N) is 3. The molecule has 6 heteroatoms. The van der Waals surface area contributed by atoms with Crippen LogP contribution in [-0.2, 0) is 4.79 Å². The van der Waals surface area contributed by atoms with Crippen LogP contribution in [0.5, 0.6) is 0 Å². The van der Waals surface area contributed by atoms with Crippen LogP contribution in [0.2, 0.25) is 5.02 Å². The van der Waals surface area contributed by atoms with E-state index in [1.807, 2.05) is 0 Å². The van der Waals surface area contributed by atoms with Gasteiger partial charge in [0.05, 0.1) is 5.56 Å². The topological polar surface area (TPSA) is 70.2 Å². The van der Waals surface area contributed by atoms with Crippen LogP contribution >= 0.6 is 11.6 Å². The fourth-order valence-corrected chi connectivity index (χ4v) is 1.80. The lowest BCUT2D eigenvalue weighted by Crippen LogP contribution is -2.34. The van der Waals surface area contributed by atoms with Crippen molar-refractivity contribution in [1.29, 1.82) is 0 Å². The summed E-state index contributed by atoms with van der Waals surface area (Å²) in [5.74, 6) is -0.330. The highest BCUT2D eigenvalue weighted by molar-refractivity contribution is 6.31. The second kappa shape index (κ2) is 8.43. The van der Waals surface area contributed by atoms with E-state index in [0.29, 0.717) is 23.7 Å². The SMILES string of the molecule is CCCNc1ccc(Cl)cc1C(=O)NCCNC(C)=O. The highest BCUT2D eigenvalue weighted by atomic mass is 35.5. The van der Waals surface area contributed by atoms with Crippen molar-refractivity contribution in [1.82, 2.24) is 10.6 Å². The molecule has 0 unspecified atom stereocenters. The minimum atomic E-state index is -0.212. The summed E-state index contributed by atoms with van der Waals surface area (Å²) >= 11 is 5.93.